The number of halogens is 2. The molecule has 1 amide bonds. The van der Waals surface area contributed by atoms with E-state index in [9.17, 15) is 9.18 Å². The molecule has 0 spiro atoms. The van der Waals surface area contributed by atoms with E-state index in [1.54, 1.807) is 19.2 Å². The number of carbonyl (C=O) groups excluding carboxylic acids is 1. The first-order valence-electron chi connectivity index (χ1n) is 7.05. The Morgan fingerprint density at radius 3 is 2.81 bits per heavy atom. The van der Waals surface area contributed by atoms with Crippen molar-refractivity contribution in [2.75, 3.05) is 26.7 Å². The topological polar surface area (TPSA) is 50.4 Å². The Kier molecular flexibility index (Phi) is 5.72. The summed E-state index contributed by atoms with van der Waals surface area (Å²) in [4.78, 5) is 12.3. The second-order valence-electron chi connectivity index (χ2n) is 5.20. The Morgan fingerprint density at radius 2 is 2.19 bits per heavy atom. The summed E-state index contributed by atoms with van der Waals surface area (Å²) >= 11 is 3.16. The Morgan fingerprint density at radius 1 is 1.48 bits per heavy atom. The van der Waals surface area contributed by atoms with Crippen molar-refractivity contribution >= 4 is 21.8 Å². The molecule has 1 aromatic carbocycles. The van der Waals surface area contributed by atoms with Crippen molar-refractivity contribution in [3.8, 4) is 0 Å². The number of hydrogen-bond donors (Lipinski definition) is 2. The summed E-state index contributed by atoms with van der Waals surface area (Å²) in [6.45, 7) is 2.08. The summed E-state index contributed by atoms with van der Waals surface area (Å²) in [5.74, 6) is -0.344. The maximum Gasteiger partial charge on any atom is 0.252 e. The lowest BCUT2D eigenvalue weighted by Crippen LogP contribution is -2.54. The molecule has 2 N–H and O–H groups in total. The molecule has 1 heterocycles. The molecule has 0 aromatic heterocycles. The molecule has 21 heavy (non-hydrogen) atoms. The molecule has 0 unspecified atom stereocenters. The third kappa shape index (κ3) is 4.02. The smallest absolute Gasteiger partial charge is 0.252 e. The van der Waals surface area contributed by atoms with E-state index in [4.69, 9.17) is 4.74 Å². The van der Waals surface area contributed by atoms with E-state index in [2.05, 4.69) is 26.6 Å². The summed E-state index contributed by atoms with van der Waals surface area (Å²) < 4.78 is 19.1. The third-order valence-corrected chi connectivity index (χ3v) is 4.51. The van der Waals surface area contributed by atoms with Crippen molar-refractivity contribution in [3.05, 3.63) is 34.1 Å². The van der Waals surface area contributed by atoms with Gasteiger partial charge in [0.15, 0.2) is 0 Å². The number of piperidine rings is 1. The minimum Gasteiger partial charge on any atom is -0.368 e. The lowest BCUT2D eigenvalue weighted by Gasteiger charge is -2.34. The highest BCUT2D eigenvalue weighted by Gasteiger charge is 2.39. The number of carbonyl (C=O) groups is 1. The highest BCUT2D eigenvalue weighted by Crippen LogP contribution is 2.22. The van der Waals surface area contributed by atoms with Crippen molar-refractivity contribution in [3.63, 3.8) is 0 Å². The highest BCUT2D eigenvalue weighted by atomic mass is 79.9. The van der Waals surface area contributed by atoms with Crippen LogP contribution in [0.15, 0.2) is 22.7 Å². The van der Waals surface area contributed by atoms with Gasteiger partial charge in [0.05, 0.1) is 4.47 Å². The zero-order valence-electron chi connectivity index (χ0n) is 12.0. The van der Waals surface area contributed by atoms with Gasteiger partial charge in [-0.3, -0.25) is 4.79 Å². The van der Waals surface area contributed by atoms with E-state index >= 15 is 0 Å². The Balaban J connectivity index is 1.87. The van der Waals surface area contributed by atoms with E-state index in [0.29, 0.717) is 30.3 Å². The van der Waals surface area contributed by atoms with Gasteiger partial charge in [-0.2, -0.15) is 0 Å². The fraction of sp³-hybridized carbons (Fsp3) is 0.533. The van der Waals surface area contributed by atoms with Gasteiger partial charge < -0.3 is 15.4 Å². The van der Waals surface area contributed by atoms with Crippen LogP contribution in [0, 0.1) is 5.82 Å². The number of rotatable bonds is 5. The molecule has 6 heteroatoms. The van der Waals surface area contributed by atoms with E-state index in [0.717, 1.165) is 18.7 Å². The number of hydrogen-bond acceptors (Lipinski definition) is 3. The van der Waals surface area contributed by atoms with Gasteiger partial charge in [-0.15, -0.1) is 0 Å². The van der Waals surface area contributed by atoms with Crippen LogP contribution in [-0.2, 0) is 16.0 Å². The normalized spacial score (nSPS) is 17.5. The Bertz CT molecular complexity index is 504. The molecular weight excluding hydrogens is 339 g/mol. The number of amides is 1. The molecular formula is C15H20BrFN2O2. The molecule has 1 aliphatic rings. The summed E-state index contributed by atoms with van der Waals surface area (Å²) in [6, 6.07) is 4.88. The number of nitrogens with one attached hydrogen (secondary N) is 2. The minimum atomic E-state index is -0.714. The second-order valence-corrected chi connectivity index (χ2v) is 6.06. The SMILES string of the molecule is COC1(C(=O)NCCc2ccc(F)c(Br)c2)CCNCC1. The van der Waals surface area contributed by atoms with Gasteiger partial charge in [-0.1, -0.05) is 6.07 Å². The molecule has 0 bridgehead atoms. The van der Waals surface area contributed by atoms with Crippen LogP contribution in [0.3, 0.4) is 0 Å². The maximum absolute atomic E-state index is 13.1. The van der Waals surface area contributed by atoms with Gasteiger partial charge in [-0.05, 0) is 66.0 Å². The van der Waals surface area contributed by atoms with Gasteiger partial charge >= 0.3 is 0 Å². The molecule has 1 aliphatic heterocycles. The molecule has 1 saturated heterocycles. The summed E-state index contributed by atoms with van der Waals surface area (Å²) in [7, 11) is 1.59. The molecule has 2 rings (SSSR count). The van der Waals surface area contributed by atoms with Gasteiger partial charge in [0.1, 0.15) is 11.4 Å². The summed E-state index contributed by atoms with van der Waals surface area (Å²) in [6.07, 6.45) is 2.01. The molecule has 0 radical (unpaired) electrons. The summed E-state index contributed by atoms with van der Waals surface area (Å²) in [5, 5.41) is 6.15. The standard InChI is InChI=1S/C15H20BrFN2O2/c1-21-15(5-8-18-9-6-15)14(20)19-7-4-11-2-3-13(17)12(16)10-11/h2-3,10,18H,4-9H2,1H3,(H,19,20). The zero-order chi connectivity index (χ0) is 15.3. The molecule has 0 atom stereocenters. The predicted molar refractivity (Wildman–Crippen MR) is 82.7 cm³/mol. The second kappa shape index (κ2) is 7.33. The Hall–Kier alpha value is -0.980. The van der Waals surface area contributed by atoms with Crippen LogP contribution in [0.4, 0.5) is 4.39 Å². The molecule has 0 aliphatic carbocycles. The van der Waals surface area contributed by atoms with Gasteiger partial charge in [0.25, 0.3) is 5.91 Å². The monoisotopic (exact) mass is 358 g/mol. The van der Waals surface area contributed by atoms with Crippen molar-refractivity contribution < 1.29 is 13.9 Å². The largest absolute Gasteiger partial charge is 0.368 e. The third-order valence-electron chi connectivity index (χ3n) is 3.90. The van der Waals surface area contributed by atoms with Crippen LogP contribution in [0.1, 0.15) is 18.4 Å². The van der Waals surface area contributed by atoms with E-state index in [1.165, 1.54) is 6.07 Å². The van der Waals surface area contributed by atoms with E-state index < -0.39 is 5.60 Å². The average Bonchev–Trinajstić information content (AvgIpc) is 2.51. The van der Waals surface area contributed by atoms with Crippen LogP contribution in [0.5, 0.6) is 0 Å². The molecule has 0 saturated carbocycles. The average molecular weight is 359 g/mol. The van der Waals surface area contributed by atoms with Crippen molar-refractivity contribution in [2.24, 2.45) is 0 Å². The van der Waals surface area contributed by atoms with Gasteiger partial charge in [-0.25, -0.2) is 4.39 Å². The lowest BCUT2D eigenvalue weighted by atomic mass is 9.91. The minimum absolute atomic E-state index is 0.0623. The number of methoxy groups -OCH3 is 1. The summed E-state index contributed by atoms with van der Waals surface area (Å²) in [5.41, 5.74) is 0.259. The van der Waals surface area contributed by atoms with Crippen molar-refractivity contribution in [1.82, 2.24) is 10.6 Å². The molecule has 4 nitrogen and oxygen atoms in total. The van der Waals surface area contributed by atoms with E-state index in [-0.39, 0.29) is 11.7 Å². The number of ether oxygens (including phenoxy) is 1. The fourth-order valence-corrected chi connectivity index (χ4v) is 2.96. The first-order chi connectivity index (χ1) is 10.1. The predicted octanol–water partition coefficient (Wildman–Crippen LogP) is 2.02. The van der Waals surface area contributed by atoms with Gasteiger partial charge in [0.2, 0.25) is 0 Å². The molecule has 1 fully saturated rings. The lowest BCUT2D eigenvalue weighted by molar-refractivity contribution is -0.146. The Labute approximate surface area is 132 Å². The first kappa shape index (κ1) is 16.4. The van der Waals surface area contributed by atoms with Crippen LogP contribution in [0.2, 0.25) is 0 Å². The zero-order valence-corrected chi connectivity index (χ0v) is 13.6. The molecule has 1 aromatic rings. The van der Waals surface area contributed by atoms with Gasteiger partial charge in [0, 0.05) is 13.7 Å². The number of benzene rings is 1. The molecule has 116 valence electrons. The fourth-order valence-electron chi connectivity index (χ4n) is 2.53. The highest BCUT2D eigenvalue weighted by molar-refractivity contribution is 9.10. The van der Waals surface area contributed by atoms with Crippen molar-refractivity contribution in [2.45, 2.75) is 24.9 Å². The van der Waals surface area contributed by atoms with E-state index in [1.807, 2.05) is 0 Å². The maximum atomic E-state index is 13.1. The van der Waals surface area contributed by atoms with Crippen LogP contribution in [0.25, 0.3) is 0 Å². The van der Waals surface area contributed by atoms with Crippen LogP contribution in [-0.4, -0.2) is 38.3 Å². The van der Waals surface area contributed by atoms with Crippen LogP contribution < -0.4 is 10.6 Å². The van der Waals surface area contributed by atoms with Crippen molar-refractivity contribution in [1.29, 1.82) is 0 Å². The van der Waals surface area contributed by atoms with Crippen LogP contribution >= 0.6 is 15.9 Å². The quantitative estimate of drug-likeness (QED) is 0.846. The first-order valence-corrected chi connectivity index (χ1v) is 7.85.